The highest BCUT2D eigenvalue weighted by Gasteiger charge is 2.58. The van der Waals surface area contributed by atoms with Gasteiger partial charge in [0.2, 0.25) is 0 Å². The monoisotopic (exact) mass is 326 g/mol. The van der Waals surface area contributed by atoms with Gasteiger partial charge in [-0.3, -0.25) is 5.32 Å². The van der Waals surface area contributed by atoms with Gasteiger partial charge in [-0.2, -0.15) is 4.80 Å². The topological polar surface area (TPSA) is 75.9 Å². The van der Waals surface area contributed by atoms with E-state index in [0.717, 1.165) is 6.54 Å². The molecule has 2 amide bonds. The fraction of sp³-hybridized carbons (Fsp3) is 0.529. The lowest BCUT2D eigenvalue weighted by Gasteiger charge is -2.62. The van der Waals surface area contributed by atoms with Crippen LogP contribution in [0.3, 0.4) is 0 Å². The number of nitrogens with one attached hydrogen (secondary N) is 1. The second-order valence-corrected chi connectivity index (χ2v) is 7.11. The molecule has 7 heteroatoms. The van der Waals surface area contributed by atoms with E-state index >= 15 is 0 Å². The molecule has 1 aromatic carbocycles. The van der Waals surface area contributed by atoms with Gasteiger partial charge in [0.25, 0.3) is 5.95 Å². The molecule has 2 aromatic rings. The van der Waals surface area contributed by atoms with Gasteiger partial charge in [-0.05, 0) is 37.5 Å². The predicted octanol–water partition coefficient (Wildman–Crippen LogP) is 3.01. The van der Waals surface area contributed by atoms with Crippen LogP contribution in [0.25, 0.3) is 0 Å². The fourth-order valence-corrected chi connectivity index (χ4v) is 3.82. The van der Waals surface area contributed by atoms with Gasteiger partial charge in [-0.15, -0.1) is 5.10 Å². The van der Waals surface area contributed by atoms with Gasteiger partial charge in [0.15, 0.2) is 0 Å². The molecule has 1 saturated heterocycles. The van der Waals surface area contributed by atoms with Crippen LogP contribution in [0.2, 0.25) is 0 Å². The van der Waals surface area contributed by atoms with Gasteiger partial charge in [0.05, 0.1) is 12.1 Å². The molecule has 2 aliphatic rings. The van der Waals surface area contributed by atoms with E-state index in [0.29, 0.717) is 0 Å². The van der Waals surface area contributed by atoms with Crippen LogP contribution < -0.4 is 5.32 Å². The van der Waals surface area contributed by atoms with E-state index in [1.165, 1.54) is 29.6 Å². The Labute approximate surface area is 141 Å². The molecule has 0 bridgehead atoms. The minimum absolute atomic E-state index is 0.113. The molecule has 1 N–H and O–H groups in total. The number of urea groups is 1. The molecule has 1 aliphatic heterocycles. The molecule has 0 radical (unpaired) electrons. The van der Waals surface area contributed by atoms with E-state index in [1.807, 2.05) is 36.9 Å². The lowest BCUT2D eigenvalue weighted by Crippen LogP contribution is -2.64. The average Bonchev–Trinajstić information content (AvgIpc) is 2.94. The molecule has 1 unspecified atom stereocenters. The summed E-state index contributed by atoms with van der Waals surface area (Å²) in [5.74, 6) is 0.259. The first-order chi connectivity index (χ1) is 11.6. The maximum atomic E-state index is 12.7. The summed E-state index contributed by atoms with van der Waals surface area (Å²) in [5.41, 5.74) is 1.47. The third kappa shape index (κ3) is 2.35. The normalized spacial score (nSPS) is 21.5. The smallest absolute Gasteiger partial charge is 0.316 e. The number of likely N-dealkylation sites (tertiary alicyclic amines) is 1. The molecular weight excluding hydrogens is 304 g/mol. The summed E-state index contributed by atoms with van der Waals surface area (Å²) in [5, 5.41) is 14.8. The number of hydrogen-bond acceptors (Lipinski definition) is 4. The fourth-order valence-electron chi connectivity index (χ4n) is 3.82. The average molecular weight is 326 g/mol. The van der Waals surface area contributed by atoms with Crippen molar-refractivity contribution in [2.75, 3.05) is 11.9 Å². The Kier molecular flexibility index (Phi) is 3.51. The van der Waals surface area contributed by atoms with E-state index in [-0.39, 0.29) is 29.5 Å². The van der Waals surface area contributed by atoms with E-state index in [1.54, 1.807) is 0 Å². The van der Waals surface area contributed by atoms with Crippen LogP contribution in [-0.2, 0) is 0 Å². The Balaban J connectivity index is 1.51. The maximum absolute atomic E-state index is 12.7. The lowest BCUT2D eigenvalue weighted by atomic mass is 9.56. The second-order valence-electron chi connectivity index (χ2n) is 7.11. The number of benzene rings is 1. The predicted molar refractivity (Wildman–Crippen MR) is 89.4 cm³/mol. The molecule has 1 aliphatic carbocycles. The summed E-state index contributed by atoms with van der Waals surface area (Å²) in [7, 11) is 0. The standard InChI is InChI=1S/C17H22N6O/c1-12(2)23-20-15(19-21-23)18-16(24)22-11-17(9-6-10-17)14(22)13-7-4-3-5-8-13/h3-5,7-8,12,14H,6,9-11H2,1-2H3,(H,18,20,24). The summed E-state index contributed by atoms with van der Waals surface area (Å²) in [6.07, 6.45) is 3.64. The Morgan fingerprint density at radius 1 is 1.29 bits per heavy atom. The molecule has 126 valence electrons. The van der Waals surface area contributed by atoms with Crippen molar-refractivity contribution in [3.63, 3.8) is 0 Å². The highest BCUT2D eigenvalue weighted by Crippen LogP contribution is 2.60. The molecule has 1 aromatic heterocycles. The Hall–Kier alpha value is -2.44. The minimum atomic E-state index is -0.148. The highest BCUT2D eigenvalue weighted by atomic mass is 16.2. The zero-order chi connectivity index (χ0) is 16.7. The third-order valence-corrected chi connectivity index (χ3v) is 5.21. The number of rotatable bonds is 3. The molecule has 4 rings (SSSR count). The van der Waals surface area contributed by atoms with Crippen LogP contribution in [0.4, 0.5) is 10.7 Å². The zero-order valence-electron chi connectivity index (χ0n) is 14.0. The molecule has 2 heterocycles. The SMILES string of the molecule is CC(C)n1nnc(NC(=O)N2CC3(CCC3)C2c2ccccc2)n1. The van der Waals surface area contributed by atoms with Crippen LogP contribution in [0.15, 0.2) is 30.3 Å². The van der Waals surface area contributed by atoms with Crippen molar-refractivity contribution in [3.05, 3.63) is 35.9 Å². The zero-order valence-corrected chi connectivity index (χ0v) is 14.0. The number of amides is 2. The quantitative estimate of drug-likeness (QED) is 0.940. The number of tetrazole rings is 1. The molecule has 1 saturated carbocycles. The van der Waals surface area contributed by atoms with Gasteiger partial charge in [-0.1, -0.05) is 41.9 Å². The van der Waals surface area contributed by atoms with Crippen molar-refractivity contribution in [1.82, 2.24) is 25.1 Å². The molecule has 1 spiro atoms. The van der Waals surface area contributed by atoms with Crippen LogP contribution in [0, 0.1) is 5.41 Å². The van der Waals surface area contributed by atoms with E-state index in [2.05, 4.69) is 32.9 Å². The van der Waals surface area contributed by atoms with Crippen LogP contribution in [0.1, 0.15) is 50.8 Å². The lowest BCUT2D eigenvalue weighted by molar-refractivity contribution is -0.0970. The summed E-state index contributed by atoms with van der Waals surface area (Å²) >= 11 is 0. The molecule has 24 heavy (non-hydrogen) atoms. The maximum Gasteiger partial charge on any atom is 0.324 e. The number of nitrogens with zero attached hydrogens (tertiary/aromatic N) is 5. The molecular formula is C17H22N6O. The Morgan fingerprint density at radius 2 is 2.04 bits per heavy atom. The number of hydrogen-bond donors (Lipinski definition) is 1. The number of carbonyl (C=O) groups is 1. The van der Waals surface area contributed by atoms with Crippen molar-refractivity contribution >= 4 is 12.0 Å². The van der Waals surface area contributed by atoms with Gasteiger partial charge in [0.1, 0.15) is 0 Å². The second kappa shape index (κ2) is 5.58. The molecule has 7 nitrogen and oxygen atoms in total. The van der Waals surface area contributed by atoms with Gasteiger partial charge in [0, 0.05) is 12.0 Å². The van der Waals surface area contributed by atoms with Gasteiger partial charge in [-0.25, -0.2) is 4.79 Å². The van der Waals surface area contributed by atoms with E-state index in [9.17, 15) is 4.79 Å². The number of anilines is 1. The van der Waals surface area contributed by atoms with Gasteiger partial charge >= 0.3 is 6.03 Å². The number of carbonyl (C=O) groups excluding carboxylic acids is 1. The molecule has 1 atom stereocenters. The summed E-state index contributed by atoms with van der Waals surface area (Å²) in [4.78, 5) is 16.1. The summed E-state index contributed by atoms with van der Waals surface area (Å²) < 4.78 is 0. The number of aromatic nitrogens is 4. The van der Waals surface area contributed by atoms with Crippen molar-refractivity contribution in [2.24, 2.45) is 5.41 Å². The van der Waals surface area contributed by atoms with Crippen LogP contribution in [-0.4, -0.2) is 37.7 Å². The van der Waals surface area contributed by atoms with Crippen molar-refractivity contribution < 1.29 is 4.79 Å². The first-order valence-electron chi connectivity index (χ1n) is 8.51. The van der Waals surface area contributed by atoms with Gasteiger partial charge < -0.3 is 4.90 Å². The summed E-state index contributed by atoms with van der Waals surface area (Å²) in [6.45, 7) is 4.74. The first kappa shape index (κ1) is 15.1. The van der Waals surface area contributed by atoms with Crippen molar-refractivity contribution in [3.8, 4) is 0 Å². The third-order valence-electron chi connectivity index (χ3n) is 5.21. The first-order valence-corrected chi connectivity index (χ1v) is 8.51. The van der Waals surface area contributed by atoms with E-state index < -0.39 is 0 Å². The molecule has 2 fully saturated rings. The van der Waals surface area contributed by atoms with E-state index in [4.69, 9.17) is 0 Å². The Morgan fingerprint density at radius 3 is 2.62 bits per heavy atom. The highest BCUT2D eigenvalue weighted by molar-refractivity contribution is 5.88. The van der Waals surface area contributed by atoms with Crippen LogP contribution in [0.5, 0.6) is 0 Å². The Bertz CT molecular complexity index is 737. The summed E-state index contributed by atoms with van der Waals surface area (Å²) in [6, 6.07) is 10.4. The van der Waals surface area contributed by atoms with Crippen LogP contribution >= 0.6 is 0 Å². The van der Waals surface area contributed by atoms with Crippen molar-refractivity contribution in [1.29, 1.82) is 0 Å². The largest absolute Gasteiger partial charge is 0.324 e. The van der Waals surface area contributed by atoms with Crippen molar-refractivity contribution in [2.45, 2.75) is 45.2 Å². The minimum Gasteiger partial charge on any atom is -0.316 e.